The first-order valence-corrected chi connectivity index (χ1v) is 13.5. The predicted octanol–water partition coefficient (Wildman–Crippen LogP) is 8.53. The van der Waals surface area contributed by atoms with Gasteiger partial charge < -0.3 is 9.13 Å². The van der Waals surface area contributed by atoms with Crippen molar-refractivity contribution in [2.45, 2.75) is 41.5 Å². The zero-order valence-corrected chi connectivity index (χ0v) is 26.6. The summed E-state index contributed by atoms with van der Waals surface area (Å²) >= 11 is 0. The van der Waals surface area contributed by atoms with Crippen molar-refractivity contribution in [1.82, 2.24) is 19.1 Å². The smallest absolute Gasteiger partial charge is 0.312 e. The van der Waals surface area contributed by atoms with Crippen molar-refractivity contribution in [3.8, 4) is 33.9 Å². The molecule has 0 saturated carbocycles. The van der Waals surface area contributed by atoms with Gasteiger partial charge in [0.1, 0.15) is 0 Å². The topological polar surface area (TPSA) is 35.6 Å². The van der Waals surface area contributed by atoms with Crippen molar-refractivity contribution in [2.24, 2.45) is 0 Å². The molecule has 4 nitrogen and oxygen atoms in total. The molecule has 0 aliphatic rings. The fourth-order valence-electron chi connectivity index (χ4n) is 5.25. The average molecular weight is 718 g/mol. The Hall–Kier alpha value is -4.01. The summed E-state index contributed by atoms with van der Waals surface area (Å²) in [5.41, 5.74) is 13.8. The molecule has 0 unspecified atom stereocenters. The van der Waals surface area contributed by atoms with Gasteiger partial charge in [-0.05, 0) is 63.8 Å². The second-order valence-electron chi connectivity index (χ2n) is 10.1. The molecule has 0 amide bonds. The van der Waals surface area contributed by atoms with Gasteiger partial charge in [0.15, 0.2) is 0 Å². The molecule has 0 saturated heterocycles. The van der Waals surface area contributed by atoms with E-state index in [1.54, 1.807) is 0 Å². The number of hydrogen-bond donors (Lipinski definition) is 0. The fraction of sp³-hybridized carbons (Fsp3) is 0.167. The third-order valence-electron chi connectivity index (χ3n) is 7.30. The van der Waals surface area contributed by atoms with Crippen molar-refractivity contribution in [1.29, 1.82) is 0 Å². The minimum atomic E-state index is 0. The molecule has 5 heteroatoms. The van der Waals surface area contributed by atoms with Gasteiger partial charge in [0, 0.05) is 22.8 Å². The molecule has 0 fully saturated rings. The Kier molecular flexibility index (Phi) is 9.57. The Morgan fingerprint density at radius 1 is 0.488 bits per heavy atom. The van der Waals surface area contributed by atoms with E-state index < -0.39 is 0 Å². The standard InChI is InChI=1S/2C18H17N2.Pt/c2*1-13-8-7-9-14(2)18(13)20-12-19-17(15(20)3)16-10-5-4-6-11-16;/h2*4-10,12H,1-3H3;/q2*-1;+2. The van der Waals surface area contributed by atoms with Crippen molar-refractivity contribution < 1.29 is 21.1 Å². The molecule has 0 atom stereocenters. The Balaban J connectivity index is 0.000000184. The fourth-order valence-corrected chi connectivity index (χ4v) is 5.25. The average Bonchev–Trinajstić information content (AvgIpc) is 3.52. The van der Waals surface area contributed by atoms with Gasteiger partial charge in [0.05, 0.1) is 24.0 Å². The SMILES string of the molecule is Cc1cccc(C)c1-n1cnc(-c2[c-]cccc2)c1C.Cc1cccc(C)c1-n1cnc(-c2[c-]cccc2)c1C.[Pt+2]. The van der Waals surface area contributed by atoms with Crippen molar-refractivity contribution in [2.75, 3.05) is 0 Å². The van der Waals surface area contributed by atoms with E-state index in [9.17, 15) is 0 Å². The molecule has 0 radical (unpaired) electrons. The maximum atomic E-state index is 4.58. The van der Waals surface area contributed by atoms with Gasteiger partial charge in [0.25, 0.3) is 0 Å². The second kappa shape index (κ2) is 13.1. The molecule has 0 N–H and O–H groups in total. The summed E-state index contributed by atoms with van der Waals surface area (Å²) < 4.78 is 4.34. The zero-order chi connectivity index (χ0) is 28.2. The Bertz CT molecular complexity index is 1580. The molecule has 6 aromatic rings. The Morgan fingerprint density at radius 3 is 1.17 bits per heavy atom. The number of nitrogens with zero attached hydrogens (tertiary/aromatic N) is 4. The molecule has 0 bridgehead atoms. The molecule has 0 aliphatic carbocycles. The van der Waals surface area contributed by atoms with E-state index in [0.29, 0.717) is 0 Å². The van der Waals surface area contributed by atoms with Crippen LogP contribution in [0.25, 0.3) is 33.9 Å². The number of rotatable bonds is 4. The van der Waals surface area contributed by atoms with E-state index in [2.05, 4.69) is 109 Å². The van der Waals surface area contributed by atoms with Gasteiger partial charge in [0.2, 0.25) is 0 Å². The summed E-state index contributed by atoms with van der Waals surface area (Å²) in [7, 11) is 0. The first kappa shape index (κ1) is 30.0. The van der Waals surface area contributed by atoms with Crippen LogP contribution in [-0.4, -0.2) is 19.1 Å². The summed E-state index contributed by atoms with van der Waals surface area (Å²) in [6.07, 6.45) is 3.81. The molecular weight excluding hydrogens is 684 g/mol. The van der Waals surface area contributed by atoms with Crippen LogP contribution in [-0.2, 0) is 21.1 Å². The molecule has 0 spiro atoms. The van der Waals surface area contributed by atoms with Gasteiger partial charge in [-0.1, -0.05) is 36.4 Å². The van der Waals surface area contributed by atoms with Crippen LogP contribution in [0.3, 0.4) is 0 Å². The van der Waals surface area contributed by atoms with Crippen LogP contribution in [0, 0.1) is 53.7 Å². The molecule has 208 valence electrons. The normalized spacial score (nSPS) is 10.5. The summed E-state index contributed by atoms with van der Waals surface area (Å²) in [5.74, 6) is 0. The van der Waals surface area contributed by atoms with E-state index in [1.165, 1.54) is 33.6 Å². The van der Waals surface area contributed by atoms with Gasteiger partial charge in [-0.25, -0.2) is 0 Å². The van der Waals surface area contributed by atoms with Gasteiger partial charge >= 0.3 is 21.1 Å². The Labute approximate surface area is 258 Å². The number of para-hydroxylation sites is 2. The monoisotopic (exact) mass is 717 g/mol. The van der Waals surface area contributed by atoms with E-state index in [-0.39, 0.29) is 21.1 Å². The number of benzene rings is 4. The maximum absolute atomic E-state index is 4.58. The van der Waals surface area contributed by atoms with Gasteiger partial charge in [-0.2, -0.15) is 0 Å². The zero-order valence-electron chi connectivity index (χ0n) is 24.3. The number of imidazole rings is 2. The van der Waals surface area contributed by atoms with Crippen LogP contribution in [0.4, 0.5) is 0 Å². The maximum Gasteiger partial charge on any atom is 2.00 e. The van der Waals surface area contributed by atoms with Gasteiger partial charge in [-0.15, -0.1) is 71.8 Å². The quantitative estimate of drug-likeness (QED) is 0.172. The van der Waals surface area contributed by atoms with E-state index in [0.717, 1.165) is 33.9 Å². The van der Waals surface area contributed by atoms with E-state index in [4.69, 9.17) is 0 Å². The molecule has 0 aliphatic heterocycles. The summed E-state index contributed by atoms with van der Waals surface area (Å²) in [4.78, 5) is 9.15. The summed E-state index contributed by atoms with van der Waals surface area (Å²) in [6, 6.07) is 35.1. The number of aromatic nitrogens is 4. The van der Waals surface area contributed by atoms with Crippen LogP contribution in [0.1, 0.15) is 33.6 Å². The predicted molar refractivity (Wildman–Crippen MR) is 164 cm³/mol. The minimum Gasteiger partial charge on any atom is -0.312 e. The van der Waals surface area contributed by atoms with Crippen LogP contribution < -0.4 is 0 Å². The van der Waals surface area contributed by atoms with E-state index in [1.807, 2.05) is 61.2 Å². The Morgan fingerprint density at radius 2 is 0.854 bits per heavy atom. The second-order valence-corrected chi connectivity index (χ2v) is 10.1. The first-order chi connectivity index (χ1) is 19.4. The first-order valence-electron chi connectivity index (χ1n) is 13.5. The summed E-state index contributed by atoms with van der Waals surface area (Å²) in [6.45, 7) is 12.8. The number of hydrogen-bond acceptors (Lipinski definition) is 2. The van der Waals surface area contributed by atoms with Crippen LogP contribution in [0.15, 0.2) is 97.6 Å². The largest absolute Gasteiger partial charge is 2.00 e. The van der Waals surface area contributed by atoms with Crippen LogP contribution in [0.5, 0.6) is 0 Å². The molecule has 2 aromatic heterocycles. The van der Waals surface area contributed by atoms with Crippen LogP contribution >= 0.6 is 0 Å². The summed E-state index contributed by atoms with van der Waals surface area (Å²) in [5, 5.41) is 0. The molecule has 41 heavy (non-hydrogen) atoms. The van der Waals surface area contributed by atoms with E-state index >= 15 is 0 Å². The van der Waals surface area contributed by atoms with Crippen LogP contribution in [0.2, 0.25) is 0 Å². The molecule has 6 rings (SSSR count). The molecule has 4 aromatic carbocycles. The van der Waals surface area contributed by atoms with Crippen molar-refractivity contribution in [3.63, 3.8) is 0 Å². The third-order valence-corrected chi connectivity index (χ3v) is 7.30. The van der Waals surface area contributed by atoms with Gasteiger partial charge in [-0.3, -0.25) is 9.97 Å². The van der Waals surface area contributed by atoms with Crippen molar-refractivity contribution >= 4 is 0 Å². The minimum absolute atomic E-state index is 0. The molecular formula is C36H34N4Pt. The molecule has 2 heterocycles. The van der Waals surface area contributed by atoms with Crippen molar-refractivity contribution in [3.05, 3.63) is 143 Å². The third kappa shape index (κ3) is 6.18. The number of aryl methyl sites for hydroxylation is 4.